The van der Waals surface area contributed by atoms with Crippen LogP contribution in [-0.2, 0) is 11.3 Å². The Hall–Kier alpha value is -0.580. The van der Waals surface area contributed by atoms with Gasteiger partial charge in [0.05, 0.1) is 30.0 Å². The van der Waals surface area contributed by atoms with Crippen molar-refractivity contribution in [2.24, 2.45) is 0 Å². The van der Waals surface area contributed by atoms with E-state index in [0.717, 1.165) is 32.5 Å². The van der Waals surface area contributed by atoms with Gasteiger partial charge >= 0.3 is 0 Å². The van der Waals surface area contributed by atoms with E-state index in [0.29, 0.717) is 11.1 Å². The van der Waals surface area contributed by atoms with Gasteiger partial charge in [-0.05, 0) is 25.8 Å². The van der Waals surface area contributed by atoms with Gasteiger partial charge in [-0.25, -0.2) is 0 Å². The van der Waals surface area contributed by atoms with Crippen molar-refractivity contribution in [1.82, 2.24) is 15.1 Å². The summed E-state index contributed by atoms with van der Waals surface area (Å²) in [7, 11) is 0. The second kappa shape index (κ2) is 6.38. The molecule has 0 aliphatic carbocycles. The maximum Gasteiger partial charge on any atom is 0.0785 e. The monoisotopic (exact) mass is 257 g/mol. The van der Waals surface area contributed by atoms with Crippen LogP contribution in [-0.4, -0.2) is 35.1 Å². The minimum absolute atomic E-state index is 0.277. The first-order valence-corrected chi connectivity index (χ1v) is 6.70. The smallest absolute Gasteiger partial charge is 0.0785 e. The van der Waals surface area contributed by atoms with Crippen molar-refractivity contribution in [1.29, 1.82) is 0 Å². The number of hydrogen-bond acceptors (Lipinski definition) is 3. The van der Waals surface area contributed by atoms with Crippen molar-refractivity contribution < 1.29 is 4.74 Å². The number of hydrogen-bond donors (Lipinski definition) is 1. The van der Waals surface area contributed by atoms with E-state index in [4.69, 9.17) is 16.3 Å². The fourth-order valence-electron chi connectivity index (χ4n) is 2.15. The molecule has 2 rings (SSSR count). The minimum atomic E-state index is 0.277. The Morgan fingerprint density at radius 1 is 1.53 bits per heavy atom. The summed E-state index contributed by atoms with van der Waals surface area (Å²) in [6.07, 6.45) is 7.55. The molecule has 1 N–H and O–H groups in total. The van der Waals surface area contributed by atoms with Gasteiger partial charge in [-0.3, -0.25) is 4.68 Å². The molecule has 0 spiro atoms. The van der Waals surface area contributed by atoms with E-state index in [2.05, 4.69) is 17.3 Å². The highest BCUT2D eigenvalue weighted by molar-refractivity contribution is 6.30. The second-order valence-corrected chi connectivity index (χ2v) is 4.98. The topological polar surface area (TPSA) is 39.1 Å². The number of nitrogens with one attached hydrogen (secondary N) is 1. The Balaban J connectivity index is 1.70. The van der Waals surface area contributed by atoms with Crippen LogP contribution < -0.4 is 5.32 Å². The molecular formula is C12H20ClN3O. The first-order chi connectivity index (χ1) is 8.28. The fraction of sp³-hybridized carbons (Fsp3) is 0.750. The van der Waals surface area contributed by atoms with Crippen LogP contribution in [0.25, 0.3) is 0 Å². The zero-order chi connectivity index (χ0) is 12.1. The van der Waals surface area contributed by atoms with E-state index < -0.39 is 0 Å². The molecule has 0 bridgehead atoms. The molecule has 0 aromatic carbocycles. The van der Waals surface area contributed by atoms with Crippen LogP contribution in [0.4, 0.5) is 0 Å². The summed E-state index contributed by atoms with van der Waals surface area (Å²) in [6, 6.07) is 0. The molecule has 1 saturated heterocycles. The maximum atomic E-state index is 5.95. The molecule has 0 radical (unpaired) electrons. The molecule has 2 unspecified atom stereocenters. The molecule has 0 amide bonds. The number of rotatable bonds is 6. The summed E-state index contributed by atoms with van der Waals surface area (Å²) < 4.78 is 7.81. The van der Waals surface area contributed by atoms with Gasteiger partial charge in [0.15, 0.2) is 0 Å². The zero-order valence-electron chi connectivity index (χ0n) is 10.2. The Labute approximate surface area is 107 Å². The molecule has 17 heavy (non-hydrogen) atoms. The molecule has 1 aliphatic rings. The predicted octanol–water partition coefficient (Wildman–Crippen LogP) is 2.08. The number of aromatic nitrogens is 2. The first kappa shape index (κ1) is 12.9. The Bertz CT molecular complexity index is 342. The van der Waals surface area contributed by atoms with Crippen LogP contribution in [0.15, 0.2) is 12.4 Å². The van der Waals surface area contributed by atoms with Gasteiger partial charge in [-0.1, -0.05) is 18.5 Å². The highest BCUT2D eigenvalue weighted by Gasteiger charge is 2.25. The lowest BCUT2D eigenvalue weighted by molar-refractivity contribution is 0.0343. The molecule has 2 atom stereocenters. The number of nitrogens with zero attached hydrogens (tertiary/aromatic N) is 2. The molecule has 5 heteroatoms. The van der Waals surface area contributed by atoms with E-state index in [1.54, 1.807) is 6.20 Å². The highest BCUT2D eigenvalue weighted by atomic mass is 35.5. The average molecular weight is 258 g/mol. The maximum absolute atomic E-state index is 5.95. The van der Waals surface area contributed by atoms with Crippen molar-refractivity contribution in [2.75, 3.05) is 13.1 Å². The third kappa shape index (κ3) is 3.98. The first-order valence-electron chi connectivity index (χ1n) is 6.32. The van der Waals surface area contributed by atoms with Crippen LogP contribution in [0.3, 0.4) is 0 Å². The molecule has 0 saturated carbocycles. The van der Waals surface area contributed by atoms with Crippen molar-refractivity contribution in [3.63, 3.8) is 0 Å². The molecule has 1 aromatic heterocycles. The van der Waals surface area contributed by atoms with E-state index in [-0.39, 0.29) is 6.10 Å². The lowest BCUT2D eigenvalue weighted by Crippen LogP contribution is -2.28. The largest absolute Gasteiger partial charge is 0.372 e. The van der Waals surface area contributed by atoms with E-state index in [9.17, 15) is 0 Å². The molecular weight excluding hydrogens is 238 g/mol. The summed E-state index contributed by atoms with van der Waals surface area (Å²) in [6.45, 7) is 5.01. The Kier molecular flexibility index (Phi) is 4.83. The van der Waals surface area contributed by atoms with Gasteiger partial charge in [0, 0.05) is 12.7 Å². The molecule has 4 nitrogen and oxygen atoms in total. The number of halogens is 1. The SMILES string of the molecule is CCCNCC1CCC(Cn2cc(Cl)cn2)O1. The Morgan fingerprint density at radius 2 is 2.35 bits per heavy atom. The molecule has 2 heterocycles. The van der Waals surface area contributed by atoms with Crippen LogP contribution in [0, 0.1) is 0 Å². The van der Waals surface area contributed by atoms with Crippen LogP contribution >= 0.6 is 11.6 Å². The van der Waals surface area contributed by atoms with Crippen LogP contribution in [0.1, 0.15) is 26.2 Å². The van der Waals surface area contributed by atoms with Crippen molar-refractivity contribution in [3.8, 4) is 0 Å². The molecule has 1 fully saturated rings. The molecule has 1 aromatic rings. The minimum Gasteiger partial charge on any atom is -0.372 e. The van der Waals surface area contributed by atoms with Gasteiger partial charge in [-0.2, -0.15) is 5.10 Å². The standard InChI is InChI=1S/C12H20ClN3O/c1-2-5-14-7-11-3-4-12(17-11)9-16-8-10(13)6-15-16/h6,8,11-12,14H,2-5,7,9H2,1H3. The summed E-state index contributed by atoms with van der Waals surface area (Å²) in [5, 5.41) is 8.25. The average Bonchev–Trinajstić information content (AvgIpc) is 2.90. The third-order valence-corrected chi connectivity index (χ3v) is 3.18. The van der Waals surface area contributed by atoms with E-state index >= 15 is 0 Å². The van der Waals surface area contributed by atoms with Gasteiger partial charge in [0.2, 0.25) is 0 Å². The summed E-state index contributed by atoms with van der Waals surface area (Å²) in [5.74, 6) is 0. The second-order valence-electron chi connectivity index (χ2n) is 4.54. The normalized spacial score (nSPS) is 24.4. The highest BCUT2D eigenvalue weighted by Crippen LogP contribution is 2.20. The molecule has 96 valence electrons. The summed E-state index contributed by atoms with van der Waals surface area (Å²) >= 11 is 5.82. The van der Waals surface area contributed by atoms with E-state index in [1.165, 1.54) is 6.42 Å². The van der Waals surface area contributed by atoms with Gasteiger partial charge in [0.1, 0.15) is 0 Å². The fourth-order valence-corrected chi connectivity index (χ4v) is 2.31. The van der Waals surface area contributed by atoms with Gasteiger partial charge < -0.3 is 10.1 Å². The summed E-state index contributed by atoms with van der Waals surface area (Å²) in [5.41, 5.74) is 0. The van der Waals surface area contributed by atoms with Crippen molar-refractivity contribution in [3.05, 3.63) is 17.4 Å². The Morgan fingerprint density at radius 3 is 3.06 bits per heavy atom. The van der Waals surface area contributed by atoms with Crippen LogP contribution in [0.5, 0.6) is 0 Å². The number of ether oxygens (including phenoxy) is 1. The lowest BCUT2D eigenvalue weighted by atomic mass is 10.2. The van der Waals surface area contributed by atoms with E-state index in [1.807, 2.05) is 10.9 Å². The third-order valence-electron chi connectivity index (χ3n) is 2.99. The predicted molar refractivity (Wildman–Crippen MR) is 68.3 cm³/mol. The van der Waals surface area contributed by atoms with Gasteiger partial charge in [-0.15, -0.1) is 0 Å². The van der Waals surface area contributed by atoms with Gasteiger partial charge in [0.25, 0.3) is 0 Å². The molecule has 1 aliphatic heterocycles. The zero-order valence-corrected chi connectivity index (χ0v) is 11.0. The summed E-state index contributed by atoms with van der Waals surface area (Å²) in [4.78, 5) is 0. The quantitative estimate of drug-likeness (QED) is 0.794. The van der Waals surface area contributed by atoms with Crippen molar-refractivity contribution >= 4 is 11.6 Å². The lowest BCUT2D eigenvalue weighted by Gasteiger charge is -2.14. The van der Waals surface area contributed by atoms with Crippen molar-refractivity contribution in [2.45, 2.75) is 44.9 Å². The van der Waals surface area contributed by atoms with Crippen LogP contribution in [0.2, 0.25) is 5.02 Å².